The van der Waals surface area contributed by atoms with Gasteiger partial charge in [-0.15, -0.1) is 0 Å². The van der Waals surface area contributed by atoms with E-state index in [0.717, 1.165) is 37.7 Å². The van der Waals surface area contributed by atoms with Gasteiger partial charge in [0.15, 0.2) is 0 Å². The van der Waals surface area contributed by atoms with Crippen LogP contribution < -0.4 is 5.32 Å². The number of allylic oxidation sites excluding steroid dienone is 3. The summed E-state index contributed by atoms with van der Waals surface area (Å²) in [7, 11) is 0. The molecule has 6 heteroatoms. The molecular formula is C42H55N3O3. The second kappa shape index (κ2) is 11.4. The van der Waals surface area contributed by atoms with Crippen molar-refractivity contribution in [1.82, 2.24) is 15.3 Å². The molecule has 256 valence electrons. The minimum Gasteiger partial charge on any atom is -0.478 e. The van der Waals surface area contributed by atoms with Crippen molar-refractivity contribution < 1.29 is 14.7 Å². The smallest absolute Gasteiger partial charge is 0.335 e. The Kier molecular flexibility index (Phi) is 7.88. The van der Waals surface area contributed by atoms with Crippen molar-refractivity contribution in [2.24, 2.45) is 51.2 Å². The maximum Gasteiger partial charge on any atom is 0.335 e. The van der Waals surface area contributed by atoms with E-state index < -0.39 is 5.97 Å². The van der Waals surface area contributed by atoms with Crippen LogP contribution in [0.3, 0.4) is 0 Å². The van der Waals surface area contributed by atoms with E-state index in [0.29, 0.717) is 41.0 Å². The average Bonchev–Trinajstić information content (AvgIpc) is 3.41. The fraction of sp³-hybridized carbons (Fsp3) is 0.619. The molecule has 0 bridgehead atoms. The van der Waals surface area contributed by atoms with Gasteiger partial charge in [-0.2, -0.15) is 0 Å². The van der Waals surface area contributed by atoms with Crippen molar-refractivity contribution >= 4 is 17.4 Å². The summed E-state index contributed by atoms with van der Waals surface area (Å²) in [6, 6.07) is 9.33. The summed E-state index contributed by atoms with van der Waals surface area (Å²) in [6.45, 7) is 19.5. The van der Waals surface area contributed by atoms with Crippen LogP contribution in [0.5, 0.6) is 0 Å². The number of carbonyl (C=O) groups is 2. The minimum atomic E-state index is -0.877. The summed E-state index contributed by atoms with van der Waals surface area (Å²) >= 11 is 0. The lowest BCUT2D eigenvalue weighted by Crippen LogP contribution is -2.68. The Balaban J connectivity index is 1.20. The van der Waals surface area contributed by atoms with Crippen LogP contribution in [0, 0.1) is 51.2 Å². The Bertz CT molecular complexity index is 1650. The number of benzene rings is 1. The number of hydrogen-bond acceptors (Lipinski definition) is 4. The van der Waals surface area contributed by atoms with Crippen molar-refractivity contribution in [3.05, 3.63) is 77.9 Å². The Morgan fingerprint density at radius 2 is 1.60 bits per heavy atom. The van der Waals surface area contributed by atoms with Crippen LogP contribution in [0.1, 0.15) is 121 Å². The van der Waals surface area contributed by atoms with Crippen LogP contribution in [-0.2, 0) is 11.2 Å². The highest BCUT2D eigenvalue weighted by atomic mass is 16.4. The molecule has 6 nitrogen and oxygen atoms in total. The molecule has 0 saturated heterocycles. The molecule has 4 saturated carbocycles. The van der Waals surface area contributed by atoms with Gasteiger partial charge in [0.05, 0.1) is 12.0 Å². The lowest BCUT2D eigenvalue weighted by atomic mass is 9.33. The van der Waals surface area contributed by atoms with Gasteiger partial charge < -0.3 is 10.4 Å². The molecule has 9 atom stereocenters. The van der Waals surface area contributed by atoms with Crippen molar-refractivity contribution in [2.45, 2.75) is 111 Å². The fourth-order valence-electron chi connectivity index (χ4n) is 13.1. The molecule has 3 unspecified atom stereocenters. The van der Waals surface area contributed by atoms with Gasteiger partial charge in [0.2, 0.25) is 5.91 Å². The van der Waals surface area contributed by atoms with Crippen molar-refractivity contribution in [3.8, 4) is 0 Å². The molecule has 1 heterocycles. The first-order valence-electron chi connectivity index (χ1n) is 18.4. The van der Waals surface area contributed by atoms with E-state index in [1.165, 1.54) is 36.8 Å². The summed E-state index contributed by atoms with van der Waals surface area (Å²) < 4.78 is 0. The molecular weight excluding hydrogens is 594 g/mol. The van der Waals surface area contributed by atoms with Gasteiger partial charge in [0.1, 0.15) is 5.82 Å². The Hall–Kier alpha value is -3.28. The Labute approximate surface area is 287 Å². The lowest BCUT2D eigenvalue weighted by molar-refractivity contribution is -0.219. The molecule has 1 amide bonds. The zero-order valence-electron chi connectivity index (χ0n) is 29.9. The number of nitrogens with zero attached hydrogens (tertiary/aromatic N) is 2. The van der Waals surface area contributed by atoms with E-state index in [-0.39, 0.29) is 39.5 Å². The number of amides is 1. The van der Waals surface area contributed by atoms with Gasteiger partial charge in [0.25, 0.3) is 0 Å². The second-order valence-corrected chi connectivity index (χ2v) is 17.7. The van der Waals surface area contributed by atoms with Crippen LogP contribution in [0.4, 0.5) is 0 Å². The minimum absolute atomic E-state index is 0.0121. The van der Waals surface area contributed by atoms with Gasteiger partial charge in [0, 0.05) is 17.9 Å². The molecule has 1 aromatic heterocycles. The van der Waals surface area contributed by atoms with Crippen LogP contribution >= 0.6 is 0 Å². The first-order chi connectivity index (χ1) is 22.7. The SMILES string of the molecule is C=C(C)[C@@H]1CC[C@]2(NC(=O)Cc3ncccn3)CC[C@]3(C)[C@H](CCC4[C@@]5(C)CC=C(c6ccc(C(=O)O)cc6)C(C)(C)C5CC[C@]43C)C12. The molecule has 0 radical (unpaired) electrons. The Morgan fingerprint density at radius 1 is 0.896 bits per heavy atom. The zero-order valence-corrected chi connectivity index (χ0v) is 29.9. The first kappa shape index (κ1) is 33.2. The van der Waals surface area contributed by atoms with Gasteiger partial charge in [-0.05, 0) is 145 Å². The molecule has 5 aliphatic carbocycles. The van der Waals surface area contributed by atoms with Gasteiger partial charge in [-0.1, -0.05) is 65.0 Å². The second-order valence-electron chi connectivity index (χ2n) is 17.7. The third-order valence-electron chi connectivity index (χ3n) is 15.4. The topological polar surface area (TPSA) is 92.2 Å². The van der Waals surface area contributed by atoms with Gasteiger partial charge in [-0.3, -0.25) is 4.79 Å². The van der Waals surface area contributed by atoms with Gasteiger partial charge >= 0.3 is 5.97 Å². The molecule has 1 aromatic carbocycles. The third kappa shape index (κ3) is 4.78. The monoisotopic (exact) mass is 649 g/mol. The summed E-state index contributed by atoms with van der Waals surface area (Å²) in [4.78, 5) is 33.8. The van der Waals surface area contributed by atoms with Crippen molar-refractivity contribution in [3.63, 3.8) is 0 Å². The van der Waals surface area contributed by atoms with E-state index in [1.807, 2.05) is 12.1 Å². The quantitative estimate of drug-likeness (QED) is 0.305. The molecule has 7 rings (SSSR count). The summed E-state index contributed by atoms with van der Waals surface area (Å²) in [5.41, 5.74) is 4.54. The summed E-state index contributed by atoms with van der Waals surface area (Å²) in [6.07, 6.45) is 16.4. The number of rotatable bonds is 6. The average molecular weight is 650 g/mol. The number of hydrogen-bond donors (Lipinski definition) is 2. The number of fused-ring (bicyclic) bond motifs is 7. The molecule has 48 heavy (non-hydrogen) atoms. The molecule has 4 fully saturated rings. The largest absolute Gasteiger partial charge is 0.478 e. The maximum absolute atomic E-state index is 13.6. The number of aromatic carboxylic acids is 1. The summed E-state index contributed by atoms with van der Waals surface area (Å²) in [5, 5.41) is 13.1. The number of carbonyl (C=O) groups excluding carboxylic acids is 1. The molecule has 0 spiro atoms. The highest BCUT2D eigenvalue weighted by molar-refractivity contribution is 5.88. The van der Waals surface area contributed by atoms with E-state index in [9.17, 15) is 14.7 Å². The fourth-order valence-corrected chi connectivity index (χ4v) is 13.1. The van der Waals surface area contributed by atoms with Crippen LogP contribution in [-0.4, -0.2) is 32.5 Å². The Morgan fingerprint density at radius 3 is 2.27 bits per heavy atom. The number of aromatic nitrogens is 2. The number of carboxylic acids is 1. The van der Waals surface area contributed by atoms with E-state index in [2.05, 4.69) is 69.5 Å². The highest BCUT2D eigenvalue weighted by Crippen LogP contribution is 2.76. The van der Waals surface area contributed by atoms with Crippen molar-refractivity contribution in [1.29, 1.82) is 0 Å². The molecule has 2 N–H and O–H groups in total. The standard InChI is InChI=1S/C42H55N3O3/c1-26(2)29-15-20-42(45-35(46)25-34-43-23-8-24-44-34)22-21-40(6)31(36(29)42)13-14-33-39(5)18-16-30(27-9-11-28(12-10-27)37(47)48)38(3,4)32(39)17-19-41(33,40)7/h8-12,16,23-24,29,31-33,36H,1,13-15,17-22,25H2,2-7H3,(H,45,46)(H,47,48)/t29-,31+,32?,33?,36?,39-,40+,41+,42-/m0/s1. The van der Waals surface area contributed by atoms with E-state index in [1.54, 1.807) is 30.6 Å². The molecule has 2 aromatic rings. The van der Waals surface area contributed by atoms with Gasteiger partial charge in [-0.25, -0.2) is 14.8 Å². The first-order valence-corrected chi connectivity index (χ1v) is 18.4. The van der Waals surface area contributed by atoms with E-state index >= 15 is 0 Å². The van der Waals surface area contributed by atoms with Crippen LogP contribution in [0.2, 0.25) is 0 Å². The third-order valence-corrected chi connectivity index (χ3v) is 15.4. The highest BCUT2D eigenvalue weighted by Gasteiger charge is 2.70. The zero-order chi connectivity index (χ0) is 34.3. The maximum atomic E-state index is 13.6. The normalized spacial score (nSPS) is 39.5. The molecule has 0 aliphatic heterocycles. The summed E-state index contributed by atoms with van der Waals surface area (Å²) in [5.74, 6) is 2.31. The molecule has 5 aliphatic rings. The predicted octanol–water partition coefficient (Wildman–Crippen LogP) is 8.94. The van der Waals surface area contributed by atoms with Crippen molar-refractivity contribution in [2.75, 3.05) is 0 Å². The van der Waals surface area contributed by atoms with Crippen LogP contribution in [0.15, 0.2) is 61.0 Å². The van der Waals surface area contributed by atoms with E-state index in [4.69, 9.17) is 0 Å². The van der Waals surface area contributed by atoms with Crippen LogP contribution in [0.25, 0.3) is 5.57 Å². The predicted molar refractivity (Wildman–Crippen MR) is 190 cm³/mol. The lowest BCUT2D eigenvalue weighted by Gasteiger charge is -2.72. The number of nitrogens with one attached hydrogen (secondary N) is 1. The number of carboxylic acid groups (broad SMARTS) is 1.